The molecular formula is C70H130NO8P. The molecule has 468 valence electrons. The Morgan fingerprint density at radius 3 is 1.02 bits per heavy atom. The Morgan fingerprint density at radius 1 is 0.388 bits per heavy atom. The van der Waals surface area contributed by atoms with E-state index in [0.717, 1.165) is 70.6 Å². The number of rotatable bonds is 65. The highest BCUT2D eigenvalue weighted by molar-refractivity contribution is 7.47. The lowest BCUT2D eigenvalue weighted by Gasteiger charge is -2.19. The highest BCUT2D eigenvalue weighted by atomic mass is 31.2. The number of hydrogen-bond donors (Lipinski definition) is 2. The molecule has 10 heteroatoms. The molecule has 0 saturated heterocycles. The lowest BCUT2D eigenvalue weighted by atomic mass is 10.0. The molecule has 0 rings (SSSR count). The maximum atomic E-state index is 12.8. The van der Waals surface area contributed by atoms with Crippen LogP contribution in [0.15, 0.2) is 60.8 Å². The molecule has 80 heavy (non-hydrogen) atoms. The molecular weight excluding hydrogens is 1010 g/mol. The highest BCUT2D eigenvalue weighted by Gasteiger charge is 2.26. The molecule has 9 nitrogen and oxygen atoms in total. The zero-order valence-corrected chi connectivity index (χ0v) is 53.5. The minimum Gasteiger partial charge on any atom is -0.462 e. The topological polar surface area (TPSA) is 134 Å². The third-order valence-electron chi connectivity index (χ3n) is 15.2. The summed E-state index contributed by atoms with van der Waals surface area (Å²) in [4.78, 5) is 35.3. The predicted octanol–water partition coefficient (Wildman–Crippen LogP) is 22.2. The van der Waals surface area contributed by atoms with Gasteiger partial charge in [0.25, 0.3) is 0 Å². The Morgan fingerprint density at radius 2 is 0.688 bits per heavy atom. The highest BCUT2D eigenvalue weighted by Crippen LogP contribution is 2.43. The third-order valence-corrected chi connectivity index (χ3v) is 16.2. The Labute approximate surface area is 495 Å². The largest absolute Gasteiger partial charge is 0.472 e. The minimum atomic E-state index is -4.39. The molecule has 0 aliphatic heterocycles. The SMILES string of the molecule is CC/C=C\C/C=C\C/C=C\C/C=C\C/C=C\CCCCCCCCCCCCCCCCCCCC(=O)OC(COC(=O)CCCCCCCCCCCCCCCCCCCCCCCCCCCC)COP(=O)(O)OCCN. The molecule has 0 amide bonds. The van der Waals surface area contributed by atoms with E-state index in [2.05, 4.69) is 74.6 Å². The van der Waals surface area contributed by atoms with E-state index in [1.54, 1.807) is 0 Å². The summed E-state index contributed by atoms with van der Waals surface area (Å²) in [6, 6.07) is 0. The molecule has 0 fully saturated rings. The van der Waals surface area contributed by atoms with Crippen molar-refractivity contribution in [3.8, 4) is 0 Å². The summed E-state index contributed by atoms with van der Waals surface area (Å²) in [6.45, 7) is 3.70. The number of nitrogens with two attached hydrogens (primary N) is 1. The van der Waals surface area contributed by atoms with Crippen molar-refractivity contribution in [3.05, 3.63) is 60.8 Å². The number of carbonyl (C=O) groups excluding carboxylic acids is 2. The first kappa shape index (κ1) is 77.7. The fourth-order valence-electron chi connectivity index (χ4n) is 10.1. The van der Waals surface area contributed by atoms with Crippen molar-refractivity contribution in [1.82, 2.24) is 0 Å². The first-order valence-corrected chi connectivity index (χ1v) is 35.8. The van der Waals surface area contributed by atoms with Crippen molar-refractivity contribution in [3.63, 3.8) is 0 Å². The van der Waals surface area contributed by atoms with Crippen LogP contribution in [0.4, 0.5) is 0 Å². The molecule has 0 aromatic heterocycles. The van der Waals surface area contributed by atoms with Gasteiger partial charge in [0, 0.05) is 19.4 Å². The first-order chi connectivity index (χ1) is 39.3. The van der Waals surface area contributed by atoms with Gasteiger partial charge in [-0.25, -0.2) is 4.57 Å². The molecule has 2 unspecified atom stereocenters. The Kier molecular flexibility index (Phi) is 64.0. The van der Waals surface area contributed by atoms with Crippen LogP contribution in [0.3, 0.4) is 0 Å². The zero-order chi connectivity index (χ0) is 58.0. The summed E-state index contributed by atoms with van der Waals surface area (Å²) < 4.78 is 33.2. The molecule has 0 aromatic rings. The molecule has 0 saturated carbocycles. The van der Waals surface area contributed by atoms with Crippen molar-refractivity contribution in [2.45, 2.75) is 347 Å². The van der Waals surface area contributed by atoms with Gasteiger partial charge in [-0.1, -0.05) is 331 Å². The van der Waals surface area contributed by atoms with E-state index in [-0.39, 0.29) is 38.6 Å². The summed E-state index contributed by atoms with van der Waals surface area (Å²) in [5.41, 5.74) is 5.40. The van der Waals surface area contributed by atoms with Crippen LogP contribution >= 0.6 is 7.82 Å². The van der Waals surface area contributed by atoms with Crippen LogP contribution in [0.25, 0.3) is 0 Å². The van der Waals surface area contributed by atoms with Gasteiger partial charge >= 0.3 is 19.8 Å². The van der Waals surface area contributed by atoms with Gasteiger partial charge in [-0.05, 0) is 57.8 Å². The normalized spacial score (nSPS) is 13.3. The number of carbonyl (C=O) groups is 2. The molecule has 0 bridgehead atoms. The van der Waals surface area contributed by atoms with E-state index in [1.165, 1.54) is 238 Å². The monoisotopic (exact) mass is 1140 g/mol. The summed E-state index contributed by atoms with van der Waals surface area (Å²) in [6.07, 6.45) is 84.6. The first-order valence-electron chi connectivity index (χ1n) is 34.3. The molecule has 3 N–H and O–H groups in total. The van der Waals surface area contributed by atoms with Crippen LogP contribution in [0, 0.1) is 0 Å². The summed E-state index contributed by atoms with van der Waals surface area (Å²) in [5, 5.41) is 0. The van der Waals surface area contributed by atoms with Gasteiger partial charge in [0.1, 0.15) is 6.61 Å². The standard InChI is InChI=1S/C70H130NO8P/c1-3-5-7-9-11-13-15-17-19-21-23-25-27-29-31-32-33-34-35-36-37-39-41-43-45-47-49-51-53-55-57-59-61-63-70(73)79-68(67-78-80(74,75)77-65-64-71)66-76-69(72)62-60-58-56-54-52-50-48-46-44-42-40-38-30-28-26-24-22-20-18-16-14-12-10-8-6-4-2/h5,7,11,13,17,19,23,25,29,31,68H,3-4,6,8-10,12,14-16,18,20-22,24,26-28,30,32-67,71H2,1-2H3,(H,74,75)/b7-5-,13-11-,19-17-,25-23-,31-29-. The van der Waals surface area contributed by atoms with Crippen LogP contribution in [0.2, 0.25) is 0 Å². The van der Waals surface area contributed by atoms with Gasteiger partial charge in [-0.2, -0.15) is 0 Å². The lowest BCUT2D eigenvalue weighted by Crippen LogP contribution is -2.29. The van der Waals surface area contributed by atoms with Crippen LogP contribution < -0.4 is 5.73 Å². The van der Waals surface area contributed by atoms with E-state index < -0.39 is 26.5 Å². The van der Waals surface area contributed by atoms with Crippen LogP contribution in [0.5, 0.6) is 0 Å². The number of phosphoric ester groups is 1. The van der Waals surface area contributed by atoms with Gasteiger partial charge in [0.2, 0.25) is 0 Å². The molecule has 0 aliphatic rings. The number of allylic oxidation sites excluding steroid dienone is 10. The average molecular weight is 1140 g/mol. The second kappa shape index (κ2) is 65.9. The Balaban J connectivity index is 3.85. The summed E-state index contributed by atoms with van der Waals surface area (Å²) in [7, 11) is -4.39. The predicted molar refractivity (Wildman–Crippen MR) is 344 cm³/mol. The van der Waals surface area contributed by atoms with E-state index in [1.807, 2.05) is 0 Å². The quantitative estimate of drug-likeness (QED) is 0.0264. The van der Waals surface area contributed by atoms with Crippen molar-refractivity contribution in [1.29, 1.82) is 0 Å². The number of phosphoric acid groups is 1. The van der Waals surface area contributed by atoms with E-state index in [0.29, 0.717) is 6.42 Å². The summed E-state index contributed by atoms with van der Waals surface area (Å²) >= 11 is 0. The van der Waals surface area contributed by atoms with Crippen molar-refractivity contribution in [2.75, 3.05) is 26.4 Å². The smallest absolute Gasteiger partial charge is 0.462 e. The fraction of sp³-hybridized carbons (Fsp3) is 0.829. The molecule has 0 spiro atoms. The number of ether oxygens (including phenoxy) is 2. The molecule has 0 aromatic carbocycles. The Hall–Kier alpha value is -2.29. The van der Waals surface area contributed by atoms with Crippen molar-refractivity contribution >= 4 is 19.8 Å². The summed E-state index contributed by atoms with van der Waals surface area (Å²) in [5.74, 6) is -0.809. The molecule has 0 aliphatic carbocycles. The van der Waals surface area contributed by atoms with Gasteiger partial charge in [0.05, 0.1) is 13.2 Å². The van der Waals surface area contributed by atoms with Crippen molar-refractivity contribution in [2.24, 2.45) is 5.73 Å². The second-order valence-corrected chi connectivity index (χ2v) is 24.5. The lowest BCUT2D eigenvalue weighted by molar-refractivity contribution is -0.161. The minimum absolute atomic E-state index is 0.0547. The number of hydrogen-bond acceptors (Lipinski definition) is 8. The maximum absolute atomic E-state index is 12.8. The van der Waals surface area contributed by atoms with Crippen molar-refractivity contribution < 1.29 is 37.6 Å². The van der Waals surface area contributed by atoms with E-state index in [4.69, 9.17) is 24.3 Å². The fourth-order valence-corrected chi connectivity index (χ4v) is 10.9. The molecule has 0 radical (unpaired) electrons. The number of esters is 2. The van der Waals surface area contributed by atoms with Gasteiger partial charge < -0.3 is 20.1 Å². The van der Waals surface area contributed by atoms with Gasteiger partial charge in [0.15, 0.2) is 6.10 Å². The zero-order valence-electron chi connectivity index (χ0n) is 52.6. The number of unbranched alkanes of at least 4 members (excludes halogenated alkanes) is 42. The third kappa shape index (κ3) is 64.9. The van der Waals surface area contributed by atoms with Crippen LogP contribution in [-0.2, 0) is 32.7 Å². The maximum Gasteiger partial charge on any atom is 0.472 e. The van der Waals surface area contributed by atoms with Crippen LogP contribution in [-0.4, -0.2) is 49.3 Å². The van der Waals surface area contributed by atoms with E-state index >= 15 is 0 Å². The van der Waals surface area contributed by atoms with Gasteiger partial charge in [-0.3, -0.25) is 18.6 Å². The average Bonchev–Trinajstić information content (AvgIpc) is 3.45. The second-order valence-electron chi connectivity index (χ2n) is 23.0. The molecule has 2 atom stereocenters. The molecule has 0 heterocycles. The van der Waals surface area contributed by atoms with Gasteiger partial charge in [-0.15, -0.1) is 0 Å². The Bertz CT molecular complexity index is 1490. The van der Waals surface area contributed by atoms with Crippen LogP contribution in [0.1, 0.15) is 341 Å². The van der Waals surface area contributed by atoms with E-state index in [9.17, 15) is 19.0 Å².